The zero-order valence-corrected chi connectivity index (χ0v) is 14.4. The zero-order valence-electron chi connectivity index (χ0n) is 14.4. The summed E-state index contributed by atoms with van der Waals surface area (Å²) in [7, 11) is 1.75. The number of aryl methyl sites for hydroxylation is 1. The fraction of sp³-hybridized carbons (Fsp3) is 0.529. The molecule has 2 aromatic rings. The first-order chi connectivity index (χ1) is 11.5. The standard InChI is InChI=1S/C17H24N6O/c1-12(2)15-18-7-6-14(21-15)20-13-5-4-9-23(11-13)16-17(24)22(3)10-8-19-16/h6-8,10,12-13H,4-5,9,11H2,1-3H3,(H,18,20,21)/t13-/m0/s1. The summed E-state index contributed by atoms with van der Waals surface area (Å²) in [4.78, 5) is 27.5. The van der Waals surface area contributed by atoms with Crippen molar-refractivity contribution in [3.05, 3.63) is 40.8 Å². The van der Waals surface area contributed by atoms with Gasteiger partial charge in [-0.25, -0.2) is 15.0 Å². The first kappa shape index (κ1) is 16.4. The van der Waals surface area contributed by atoms with Crippen LogP contribution < -0.4 is 15.8 Å². The molecule has 1 saturated heterocycles. The quantitative estimate of drug-likeness (QED) is 0.922. The van der Waals surface area contributed by atoms with Crippen LogP contribution in [-0.2, 0) is 7.05 Å². The van der Waals surface area contributed by atoms with Crippen molar-refractivity contribution in [1.29, 1.82) is 0 Å². The van der Waals surface area contributed by atoms with Crippen LogP contribution in [0.5, 0.6) is 0 Å². The summed E-state index contributed by atoms with van der Waals surface area (Å²) in [6.45, 7) is 5.76. The number of nitrogens with one attached hydrogen (secondary N) is 1. The topological polar surface area (TPSA) is 75.9 Å². The third kappa shape index (κ3) is 3.55. The third-order valence-electron chi connectivity index (χ3n) is 4.26. The minimum absolute atomic E-state index is 0.0534. The van der Waals surface area contributed by atoms with E-state index in [1.54, 1.807) is 30.2 Å². The van der Waals surface area contributed by atoms with E-state index in [2.05, 4.69) is 39.0 Å². The van der Waals surface area contributed by atoms with Crippen LogP contribution in [0.1, 0.15) is 38.4 Å². The lowest BCUT2D eigenvalue weighted by atomic mass is 10.1. The molecule has 7 heteroatoms. The van der Waals surface area contributed by atoms with E-state index in [0.717, 1.165) is 37.6 Å². The van der Waals surface area contributed by atoms with Crippen LogP contribution in [0.25, 0.3) is 0 Å². The molecule has 128 valence electrons. The van der Waals surface area contributed by atoms with Crippen molar-refractivity contribution in [1.82, 2.24) is 19.5 Å². The van der Waals surface area contributed by atoms with E-state index in [-0.39, 0.29) is 11.6 Å². The van der Waals surface area contributed by atoms with Gasteiger partial charge in [0.05, 0.1) is 0 Å². The Hall–Kier alpha value is -2.44. The molecule has 0 saturated carbocycles. The van der Waals surface area contributed by atoms with E-state index < -0.39 is 0 Å². The van der Waals surface area contributed by atoms with Crippen LogP contribution in [0.15, 0.2) is 29.5 Å². The van der Waals surface area contributed by atoms with Crippen molar-refractivity contribution in [2.75, 3.05) is 23.3 Å². The Morgan fingerprint density at radius 1 is 1.29 bits per heavy atom. The smallest absolute Gasteiger partial charge is 0.293 e. The highest BCUT2D eigenvalue weighted by Crippen LogP contribution is 2.18. The molecular weight excluding hydrogens is 304 g/mol. The minimum Gasteiger partial charge on any atom is -0.365 e. The van der Waals surface area contributed by atoms with E-state index in [1.807, 2.05) is 6.07 Å². The normalized spacial score (nSPS) is 18.0. The second kappa shape index (κ2) is 6.98. The molecule has 1 aliphatic heterocycles. The fourth-order valence-electron chi connectivity index (χ4n) is 2.93. The van der Waals surface area contributed by atoms with Gasteiger partial charge in [-0.3, -0.25) is 4.79 Å². The third-order valence-corrected chi connectivity index (χ3v) is 4.26. The first-order valence-corrected chi connectivity index (χ1v) is 8.40. The van der Waals surface area contributed by atoms with Crippen LogP contribution in [0.4, 0.5) is 11.6 Å². The van der Waals surface area contributed by atoms with Crippen molar-refractivity contribution >= 4 is 11.6 Å². The van der Waals surface area contributed by atoms with Gasteiger partial charge in [0.1, 0.15) is 11.6 Å². The van der Waals surface area contributed by atoms with E-state index in [9.17, 15) is 4.79 Å². The maximum Gasteiger partial charge on any atom is 0.293 e. The highest BCUT2D eigenvalue weighted by molar-refractivity contribution is 5.40. The molecule has 24 heavy (non-hydrogen) atoms. The molecule has 1 N–H and O–H groups in total. The number of aromatic nitrogens is 4. The van der Waals surface area contributed by atoms with Gasteiger partial charge in [0.2, 0.25) is 0 Å². The molecule has 0 aromatic carbocycles. The van der Waals surface area contributed by atoms with Crippen molar-refractivity contribution in [2.24, 2.45) is 7.05 Å². The molecule has 7 nitrogen and oxygen atoms in total. The summed E-state index contributed by atoms with van der Waals surface area (Å²) >= 11 is 0. The van der Waals surface area contributed by atoms with Crippen molar-refractivity contribution in [3.8, 4) is 0 Å². The van der Waals surface area contributed by atoms with Gasteiger partial charge in [-0.05, 0) is 18.9 Å². The average molecular weight is 328 g/mol. The summed E-state index contributed by atoms with van der Waals surface area (Å²) in [5.41, 5.74) is -0.0534. The van der Waals surface area contributed by atoms with Crippen molar-refractivity contribution in [3.63, 3.8) is 0 Å². The van der Waals surface area contributed by atoms with Crippen LogP contribution in [0, 0.1) is 0 Å². The first-order valence-electron chi connectivity index (χ1n) is 8.40. The Morgan fingerprint density at radius 2 is 2.12 bits per heavy atom. The Bertz CT molecular complexity index is 757. The van der Waals surface area contributed by atoms with Crippen LogP contribution in [0.2, 0.25) is 0 Å². The molecule has 0 radical (unpaired) electrons. The second-order valence-electron chi connectivity index (χ2n) is 6.55. The highest BCUT2D eigenvalue weighted by atomic mass is 16.1. The lowest BCUT2D eigenvalue weighted by molar-refractivity contribution is 0.522. The monoisotopic (exact) mass is 328 g/mol. The summed E-state index contributed by atoms with van der Waals surface area (Å²) in [5.74, 6) is 2.50. The summed E-state index contributed by atoms with van der Waals surface area (Å²) in [6.07, 6.45) is 7.21. The number of hydrogen-bond acceptors (Lipinski definition) is 6. The van der Waals surface area contributed by atoms with E-state index in [1.165, 1.54) is 0 Å². The molecule has 3 rings (SSSR count). The minimum atomic E-state index is -0.0534. The van der Waals surface area contributed by atoms with E-state index in [0.29, 0.717) is 11.7 Å². The highest BCUT2D eigenvalue weighted by Gasteiger charge is 2.23. The molecule has 1 aliphatic rings. The molecule has 1 fully saturated rings. The zero-order chi connectivity index (χ0) is 17.1. The maximum atomic E-state index is 12.3. The summed E-state index contributed by atoms with van der Waals surface area (Å²) < 4.78 is 1.57. The Kier molecular flexibility index (Phi) is 4.78. The Labute approximate surface area is 141 Å². The van der Waals surface area contributed by atoms with Gasteiger partial charge in [-0.1, -0.05) is 13.8 Å². The number of rotatable bonds is 4. The van der Waals surface area contributed by atoms with E-state index in [4.69, 9.17) is 0 Å². The molecule has 0 unspecified atom stereocenters. The second-order valence-corrected chi connectivity index (χ2v) is 6.55. The van der Waals surface area contributed by atoms with Crippen LogP contribution in [-0.4, -0.2) is 38.7 Å². The fourth-order valence-corrected chi connectivity index (χ4v) is 2.93. The largest absolute Gasteiger partial charge is 0.365 e. The average Bonchev–Trinajstić information content (AvgIpc) is 2.58. The Morgan fingerprint density at radius 3 is 2.92 bits per heavy atom. The summed E-state index contributed by atoms with van der Waals surface area (Å²) in [5, 5.41) is 3.48. The van der Waals surface area contributed by atoms with Gasteiger partial charge in [0.25, 0.3) is 5.56 Å². The molecular formula is C17H24N6O. The molecule has 3 heterocycles. The van der Waals surface area contributed by atoms with Gasteiger partial charge in [0.15, 0.2) is 5.82 Å². The summed E-state index contributed by atoms with van der Waals surface area (Å²) in [6, 6.07) is 2.13. The van der Waals surface area contributed by atoms with Crippen LogP contribution in [0.3, 0.4) is 0 Å². The number of anilines is 2. The van der Waals surface area contributed by atoms with Crippen LogP contribution >= 0.6 is 0 Å². The molecule has 1 atom stereocenters. The molecule has 0 aliphatic carbocycles. The Balaban J connectivity index is 1.73. The van der Waals surface area contributed by atoms with Gasteiger partial charge in [-0.15, -0.1) is 0 Å². The van der Waals surface area contributed by atoms with Gasteiger partial charge in [-0.2, -0.15) is 0 Å². The predicted octanol–water partition coefficient (Wildman–Crippen LogP) is 1.77. The SMILES string of the molecule is CC(C)c1nccc(N[C@H]2CCCN(c3nccn(C)c3=O)C2)n1. The number of hydrogen-bond donors (Lipinski definition) is 1. The maximum absolute atomic E-state index is 12.3. The molecule has 2 aromatic heterocycles. The van der Waals surface area contributed by atoms with Gasteiger partial charge < -0.3 is 14.8 Å². The predicted molar refractivity (Wildman–Crippen MR) is 94.5 cm³/mol. The molecule has 0 spiro atoms. The lowest BCUT2D eigenvalue weighted by Crippen LogP contribution is -2.45. The number of piperidine rings is 1. The van der Waals surface area contributed by atoms with Crippen molar-refractivity contribution in [2.45, 2.75) is 38.6 Å². The lowest BCUT2D eigenvalue weighted by Gasteiger charge is -2.33. The van der Waals surface area contributed by atoms with Gasteiger partial charge >= 0.3 is 0 Å². The molecule has 0 amide bonds. The van der Waals surface area contributed by atoms with E-state index >= 15 is 0 Å². The van der Waals surface area contributed by atoms with Crippen molar-refractivity contribution < 1.29 is 0 Å². The van der Waals surface area contributed by atoms with Gasteiger partial charge in [0, 0.05) is 50.7 Å². The number of nitrogens with zero attached hydrogens (tertiary/aromatic N) is 5. The molecule has 0 bridgehead atoms.